The number of carbonyl (C=O) groups is 1. The van der Waals surface area contributed by atoms with E-state index in [2.05, 4.69) is 9.97 Å². The Hall–Kier alpha value is -3.15. The molecule has 6 heteroatoms. The molecular formula is C18H13FN2O3. The van der Waals surface area contributed by atoms with Crippen LogP contribution in [-0.4, -0.2) is 21.0 Å². The molecule has 4 rings (SSSR count). The molecule has 0 unspecified atom stereocenters. The third-order valence-electron chi connectivity index (χ3n) is 3.94. The summed E-state index contributed by atoms with van der Waals surface area (Å²) in [6, 6.07) is 10.5. The molecule has 0 atom stereocenters. The van der Waals surface area contributed by atoms with Crippen molar-refractivity contribution in [1.29, 1.82) is 0 Å². The SMILES string of the molecule is O=C(O)Cc1ccc2nc(-c3c[nH]c4cc(CF)ccc34)oc2c1. The van der Waals surface area contributed by atoms with Gasteiger partial charge in [-0.2, -0.15) is 0 Å². The first-order chi connectivity index (χ1) is 11.6. The minimum absolute atomic E-state index is 0.0644. The highest BCUT2D eigenvalue weighted by molar-refractivity contribution is 5.95. The number of aromatic nitrogens is 2. The van der Waals surface area contributed by atoms with Gasteiger partial charge in [0.05, 0.1) is 12.0 Å². The molecule has 2 heterocycles. The lowest BCUT2D eigenvalue weighted by Gasteiger charge is -1.96. The summed E-state index contributed by atoms with van der Waals surface area (Å²) in [4.78, 5) is 18.4. The number of fused-ring (bicyclic) bond motifs is 2. The quantitative estimate of drug-likeness (QED) is 0.593. The molecule has 0 spiro atoms. The van der Waals surface area contributed by atoms with Gasteiger partial charge in [0, 0.05) is 17.1 Å². The van der Waals surface area contributed by atoms with Gasteiger partial charge in [0.1, 0.15) is 12.2 Å². The molecule has 2 aromatic carbocycles. The van der Waals surface area contributed by atoms with Gasteiger partial charge in [0.25, 0.3) is 0 Å². The van der Waals surface area contributed by atoms with Crippen LogP contribution in [0.1, 0.15) is 11.1 Å². The fourth-order valence-electron chi connectivity index (χ4n) is 2.80. The first kappa shape index (κ1) is 14.4. The predicted molar refractivity (Wildman–Crippen MR) is 87.5 cm³/mol. The molecule has 0 saturated carbocycles. The number of halogens is 1. The molecule has 120 valence electrons. The molecule has 0 aliphatic rings. The Balaban J connectivity index is 1.80. The maximum Gasteiger partial charge on any atom is 0.307 e. The van der Waals surface area contributed by atoms with E-state index in [4.69, 9.17) is 9.52 Å². The van der Waals surface area contributed by atoms with E-state index in [1.54, 1.807) is 36.5 Å². The third-order valence-corrected chi connectivity index (χ3v) is 3.94. The number of carboxylic acid groups (broad SMARTS) is 1. The van der Waals surface area contributed by atoms with Crippen LogP contribution in [0.4, 0.5) is 4.39 Å². The maximum atomic E-state index is 12.8. The second-order valence-corrected chi connectivity index (χ2v) is 5.61. The van der Waals surface area contributed by atoms with E-state index in [1.807, 2.05) is 6.07 Å². The van der Waals surface area contributed by atoms with Crippen molar-refractivity contribution in [2.75, 3.05) is 0 Å². The Labute approximate surface area is 135 Å². The van der Waals surface area contributed by atoms with Crippen LogP contribution in [0.3, 0.4) is 0 Å². The van der Waals surface area contributed by atoms with Crippen molar-refractivity contribution >= 4 is 28.0 Å². The summed E-state index contributed by atoms with van der Waals surface area (Å²) in [6.07, 6.45) is 1.71. The van der Waals surface area contributed by atoms with Crippen molar-refractivity contribution in [3.05, 3.63) is 53.7 Å². The van der Waals surface area contributed by atoms with Crippen LogP contribution in [0.25, 0.3) is 33.5 Å². The number of rotatable bonds is 4. The van der Waals surface area contributed by atoms with Crippen LogP contribution in [0, 0.1) is 0 Å². The van der Waals surface area contributed by atoms with E-state index in [9.17, 15) is 9.18 Å². The number of nitrogens with one attached hydrogen (secondary N) is 1. The Bertz CT molecular complexity index is 1060. The molecule has 0 aliphatic carbocycles. The molecule has 0 aliphatic heterocycles. The summed E-state index contributed by atoms with van der Waals surface area (Å²) in [5, 5.41) is 9.77. The first-order valence-corrected chi connectivity index (χ1v) is 7.41. The summed E-state index contributed by atoms with van der Waals surface area (Å²) >= 11 is 0. The van der Waals surface area contributed by atoms with E-state index in [0.717, 1.165) is 16.5 Å². The largest absolute Gasteiger partial charge is 0.481 e. The van der Waals surface area contributed by atoms with Gasteiger partial charge in [-0.3, -0.25) is 4.79 Å². The lowest BCUT2D eigenvalue weighted by atomic mass is 10.1. The average Bonchev–Trinajstić information content (AvgIpc) is 3.16. The normalized spacial score (nSPS) is 11.4. The van der Waals surface area contributed by atoms with E-state index in [0.29, 0.717) is 28.1 Å². The fraction of sp³-hybridized carbons (Fsp3) is 0.111. The Kier molecular flexibility index (Phi) is 3.30. The Morgan fingerprint density at radius 1 is 1.21 bits per heavy atom. The fourth-order valence-corrected chi connectivity index (χ4v) is 2.80. The number of nitrogens with zero attached hydrogens (tertiary/aromatic N) is 1. The van der Waals surface area contributed by atoms with Gasteiger partial charge < -0.3 is 14.5 Å². The number of benzene rings is 2. The van der Waals surface area contributed by atoms with Gasteiger partial charge in [-0.05, 0) is 29.3 Å². The molecule has 0 fully saturated rings. The van der Waals surface area contributed by atoms with Crippen LogP contribution >= 0.6 is 0 Å². The smallest absolute Gasteiger partial charge is 0.307 e. The maximum absolute atomic E-state index is 12.8. The second kappa shape index (κ2) is 5.49. The topological polar surface area (TPSA) is 79.1 Å². The van der Waals surface area contributed by atoms with Crippen molar-refractivity contribution < 1.29 is 18.7 Å². The van der Waals surface area contributed by atoms with E-state index in [1.165, 1.54) is 0 Å². The summed E-state index contributed by atoms with van der Waals surface area (Å²) in [7, 11) is 0. The first-order valence-electron chi connectivity index (χ1n) is 7.41. The average molecular weight is 324 g/mol. The molecule has 24 heavy (non-hydrogen) atoms. The molecule has 4 aromatic rings. The lowest BCUT2D eigenvalue weighted by Crippen LogP contribution is -1.99. The van der Waals surface area contributed by atoms with Crippen molar-refractivity contribution in [2.24, 2.45) is 0 Å². The van der Waals surface area contributed by atoms with Crippen molar-refractivity contribution in [3.8, 4) is 11.5 Å². The summed E-state index contributed by atoms with van der Waals surface area (Å²) < 4.78 is 18.6. The number of carboxylic acids is 1. The zero-order chi connectivity index (χ0) is 16.7. The monoisotopic (exact) mass is 324 g/mol. The van der Waals surface area contributed by atoms with Gasteiger partial charge in [-0.25, -0.2) is 9.37 Å². The minimum atomic E-state index is -0.894. The number of aromatic amines is 1. The van der Waals surface area contributed by atoms with Crippen LogP contribution < -0.4 is 0 Å². The van der Waals surface area contributed by atoms with Crippen LogP contribution in [0.15, 0.2) is 47.0 Å². The number of hydrogen-bond donors (Lipinski definition) is 2. The van der Waals surface area contributed by atoms with Crippen molar-refractivity contribution in [2.45, 2.75) is 13.1 Å². The highest BCUT2D eigenvalue weighted by atomic mass is 19.1. The molecular weight excluding hydrogens is 311 g/mol. The zero-order valence-corrected chi connectivity index (χ0v) is 12.5. The van der Waals surface area contributed by atoms with Gasteiger partial charge in [0.15, 0.2) is 5.58 Å². The Morgan fingerprint density at radius 3 is 2.83 bits per heavy atom. The van der Waals surface area contributed by atoms with Gasteiger partial charge in [-0.15, -0.1) is 0 Å². The number of alkyl halides is 1. The summed E-state index contributed by atoms with van der Waals surface area (Å²) in [5.74, 6) is -0.453. The standard InChI is InChI=1S/C18H13FN2O3/c19-8-11-1-3-12-13(9-20-15(12)5-11)18-21-14-4-2-10(7-17(22)23)6-16(14)24-18/h1-6,9,20H,7-8H2,(H,22,23). The molecule has 0 saturated heterocycles. The zero-order valence-electron chi connectivity index (χ0n) is 12.5. The van der Waals surface area contributed by atoms with Crippen LogP contribution in [-0.2, 0) is 17.9 Å². The van der Waals surface area contributed by atoms with E-state index < -0.39 is 12.6 Å². The highest BCUT2D eigenvalue weighted by Crippen LogP contribution is 2.31. The van der Waals surface area contributed by atoms with Gasteiger partial charge in [0.2, 0.25) is 5.89 Å². The Morgan fingerprint density at radius 2 is 2.04 bits per heavy atom. The molecule has 0 bridgehead atoms. The van der Waals surface area contributed by atoms with Crippen LogP contribution in [0.5, 0.6) is 0 Å². The van der Waals surface area contributed by atoms with Gasteiger partial charge >= 0.3 is 5.97 Å². The third kappa shape index (κ3) is 2.42. The molecule has 0 amide bonds. The predicted octanol–water partition coefficient (Wildman–Crippen LogP) is 4.07. The highest BCUT2D eigenvalue weighted by Gasteiger charge is 2.14. The summed E-state index contributed by atoms with van der Waals surface area (Å²) in [5.41, 5.74) is 4.06. The summed E-state index contributed by atoms with van der Waals surface area (Å²) in [6.45, 7) is -0.514. The minimum Gasteiger partial charge on any atom is -0.481 e. The van der Waals surface area contributed by atoms with Crippen LogP contribution in [0.2, 0.25) is 0 Å². The van der Waals surface area contributed by atoms with Gasteiger partial charge in [-0.1, -0.05) is 18.2 Å². The lowest BCUT2D eigenvalue weighted by molar-refractivity contribution is -0.136. The molecule has 2 N–H and O–H groups in total. The van der Waals surface area contributed by atoms with Crippen molar-refractivity contribution in [3.63, 3.8) is 0 Å². The molecule has 2 aromatic heterocycles. The molecule has 0 radical (unpaired) electrons. The van der Waals surface area contributed by atoms with Crippen molar-refractivity contribution in [1.82, 2.24) is 9.97 Å². The number of hydrogen-bond acceptors (Lipinski definition) is 3. The van der Waals surface area contributed by atoms with E-state index >= 15 is 0 Å². The second-order valence-electron chi connectivity index (χ2n) is 5.61. The van der Waals surface area contributed by atoms with E-state index in [-0.39, 0.29) is 6.42 Å². The number of oxazole rings is 1. The number of aliphatic carboxylic acids is 1. The number of H-pyrrole nitrogens is 1. The molecule has 5 nitrogen and oxygen atoms in total.